The van der Waals surface area contributed by atoms with E-state index < -0.39 is 5.97 Å². The summed E-state index contributed by atoms with van der Waals surface area (Å²) >= 11 is 6.02. The van der Waals surface area contributed by atoms with Crippen molar-refractivity contribution in [1.82, 2.24) is 14.7 Å². The first-order valence-electron chi connectivity index (χ1n) is 6.93. The number of likely N-dealkylation sites (tertiary alicyclic amines) is 1. The molecule has 1 aromatic heterocycles. The van der Waals surface area contributed by atoms with Crippen LogP contribution in [0.1, 0.15) is 28.9 Å². The van der Waals surface area contributed by atoms with E-state index in [2.05, 4.69) is 10.00 Å². The molecule has 0 unspecified atom stereocenters. The number of aromatic nitrogens is 2. The van der Waals surface area contributed by atoms with Crippen LogP contribution in [0.2, 0.25) is 5.02 Å². The molecule has 1 aliphatic rings. The first-order chi connectivity index (χ1) is 10.1. The maximum atomic E-state index is 11.4. The third-order valence-electron chi connectivity index (χ3n) is 3.72. The normalized spacial score (nSPS) is 15.5. The number of carbonyl (C=O) groups is 1. The molecule has 0 radical (unpaired) electrons. The fraction of sp³-hybridized carbons (Fsp3) is 0.333. The summed E-state index contributed by atoms with van der Waals surface area (Å²) in [6.45, 7) is 2.59. The third-order valence-corrected chi connectivity index (χ3v) is 3.96. The summed E-state index contributed by atoms with van der Waals surface area (Å²) in [4.78, 5) is 13.7. The van der Waals surface area contributed by atoms with Crippen LogP contribution in [-0.2, 0) is 6.54 Å². The van der Waals surface area contributed by atoms with Gasteiger partial charge in [-0.25, -0.2) is 9.48 Å². The maximum Gasteiger partial charge on any atom is 0.339 e. The molecule has 1 N–H and O–H groups in total. The zero-order valence-corrected chi connectivity index (χ0v) is 12.3. The molecular weight excluding hydrogens is 290 g/mol. The van der Waals surface area contributed by atoms with Crippen LogP contribution >= 0.6 is 11.6 Å². The Morgan fingerprint density at radius 1 is 1.33 bits per heavy atom. The lowest BCUT2D eigenvalue weighted by atomic mass is 10.2. The van der Waals surface area contributed by atoms with Gasteiger partial charge in [0.05, 0.1) is 17.6 Å². The quantitative estimate of drug-likeness (QED) is 0.943. The molecule has 110 valence electrons. The van der Waals surface area contributed by atoms with Crippen LogP contribution in [0.15, 0.2) is 30.5 Å². The molecule has 6 heteroatoms. The molecule has 0 bridgehead atoms. The highest BCUT2D eigenvalue weighted by molar-refractivity contribution is 6.30. The predicted molar refractivity (Wildman–Crippen MR) is 80.0 cm³/mol. The number of carboxylic acids is 1. The van der Waals surface area contributed by atoms with Crippen LogP contribution in [0.4, 0.5) is 0 Å². The van der Waals surface area contributed by atoms with Gasteiger partial charge in [0, 0.05) is 11.6 Å². The Labute approximate surface area is 127 Å². The molecule has 3 rings (SSSR count). The van der Waals surface area contributed by atoms with E-state index in [1.165, 1.54) is 6.20 Å². The molecule has 1 aromatic carbocycles. The van der Waals surface area contributed by atoms with E-state index >= 15 is 0 Å². The highest BCUT2D eigenvalue weighted by atomic mass is 35.5. The SMILES string of the molecule is O=C(O)c1cnn(-c2cccc(Cl)c2)c1CN1CCCC1. The van der Waals surface area contributed by atoms with Crippen molar-refractivity contribution < 1.29 is 9.90 Å². The van der Waals surface area contributed by atoms with Crippen molar-refractivity contribution in [3.05, 3.63) is 46.7 Å². The van der Waals surface area contributed by atoms with Gasteiger partial charge < -0.3 is 5.11 Å². The maximum absolute atomic E-state index is 11.4. The van der Waals surface area contributed by atoms with Crippen LogP contribution in [-0.4, -0.2) is 38.8 Å². The van der Waals surface area contributed by atoms with Crippen molar-refractivity contribution in [3.63, 3.8) is 0 Å². The van der Waals surface area contributed by atoms with Crippen molar-refractivity contribution in [3.8, 4) is 5.69 Å². The van der Waals surface area contributed by atoms with Crippen LogP contribution < -0.4 is 0 Å². The second-order valence-corrected chi connectivity index (χ2v) is 5.62. The average Bonchev–Trinajstić information content (AvgIpc) is 3.08. The third kappa shape index (κ3) is 2.94. The predicted octanol–water partition coefficient (Wildman–Crippen LogP) is 2.82. The van der Waals surface area contributed by atoms with Crippen LogP contribution in [0, 0.1) is 0 Å². The molecule has 1 aliphatic heterocycles. The van der Waals surface area contributed by atoms with E-state index in [9.17, 15) is 9.90 Å². The van der Waals surface area contributed by atoms with Gasteiger partial charge >= 0.3 is 5.97 Å². The van der Waals surface area contributed by atoms with Gasteiger partial charge in [-0.05, 0) is 44.1 Å². The smallest absolute Gasteiger partial charge is 0.339 e. The molecule has 2 aromatic rings. The van der Waals surface area contributed by atoms with E-state index in [1.54, 1.807) is 16.8 Å². The average molecular weight is 306 g/mol. The van der Waals surface area contributed by atoms with Crippen LogP contribution in [0.25, 0.3) is 5.69 Å². The zero-order chi connectivity index (χ0) is 14.8. The second-order valence-electron chi connectivity index (χ2n) is 5.19. The summed E-state index contributed by atoms with van der Waals surface area (Å²) in [6.07, 6.45) is 3.73. The number of benzene rings is 1. The van der Waals surface area contributed by atoms with Gasteiger partial charge in [0.2, 0.25) is 0 Å². The number of hydrogen-bond donors (Lipinski definition) is 1. The Morgan fingerprint density at radius 3 is 2.76 bits per heavy atom. The lowest BCUT2D eigenvalue weighted by Gasteiger charge is -2.16. The standard InChI is InChI=1S/C15H16ClN3O2/c16-11-4-3-5-12(8-11)19-14(10-18-6-1-2-7-18)13(9-17-19)15(20)21/h3-5,8-9H,1-2,6-7,10H2,(H,20,21). The molecule has 2 heterocycles. The first kappa shape index (κ1) is 14.1. The number of aromatic carboxylic acids is 1. The van der Waals surface area contributed by atoms with Gasteiger partial charge in [-0.15, -0.1) is 0 Å². The number of carboxylic acid groups (broad SMARTS) is 1. The van der Waals surface area contributed by atoms with Crippen LogP contribution in [0.3, 0.4) is 0 Å². The van der Waals surface area contributed by atoms with Crippen molar-refractivity contribution >= 4 is 17.6 Å². The lowest BCUT2D eigenvalue weighted by molar-refractivity contribution is 0.0694. The van der Waals surface area contributed by atoms with Gasteiger partial charge in [0.25, 0.3) is 0 Å². The summed E-state index contributed by atoms with van der Waals surface area (Å²) in [5.41, 5.74) is 1.73. The second kappa shape index (κ2) is 5.87. The minimum Gasteiger partial charge on any atom is -0.478 e. The van der Waals surface area contributed by atoms with Crippen molar-refractivity contribution in [2.24, 2.45) is 0 Å². The molecule has 0 aliphatic carbocycles. The topological polar surface area (TPSA) is 58.4 Å². The first-order valence-corrected chi connectivity index (χ1v) is 7.31. The van der Waals surface area contributed by atoms with E-state index in [-0.39, 0.29) is 5.56 Å². The Morgan fingerprint density at radius 2 is 2.10 bits per heavy atom. The lowest BCUT2D eigenvalue weighted by Crippen LogP contribution is -2.22. The summed E-state index contributed by atoms with van der Waals surface area (Å²) in [7, 11) is 0. The molecule has 1 fully saturated rings. The van der Waals surface area contributed by atoms with E-state index in [4.69, 9.17) is 11.6 Å². The molecule has 1 saturated heterocycles. The van der Waals surface area contributed by atoms with Gasteiger partial charge in [0.15, 0.2) is 0 Å². The monoisotopic (exact) mass is 305 g/mol. The number of nitrogens with zero attached hydrogens (tertiary/aromatic N) is 3. The van der Waals surface area contributed by atoms with Gasteiger partial charge in [-0.3, -0.25) is 4.90 Å². The van der Waals surface area contributed by atoms with Gasteiger partial charge in [0.1, 0.15) is 5.56 Å². The molecule has 5 nitrogen and oxygen atoms in total. The summed E-state index contributed by atoms with van der Waals surface area (Å²) < 4.78 is 1.67. The Kier molecular flexibility index (Phi) is 3.94. The highest BCUT2D eigenvalue weighted by Gasteiger charge is 2.21. The zero-order valence-electron chi connectivity index (χ0n) is 11.5. The molecule has 21 heavy (non-hydrogen) atoms. The van der Waals surface area contributed by atoms with Crippen molar-refractivity contribution in [2.45, 2.75) is 19.4 Å². The van der Waals surface area contributed by atoms with Crippen molar-refractivity contribution in [1.29, 1.82) is 0 Å². The molecule has 0 spiro atoms. The summed E-state index contributed by atoms with van der Waals surface area (Å²) in [5, 5.41) is 14.2. The fourth-order valence-electron chi connectivity index (χ4n) is 2.69. The minimum absolute atomic E-state index is 0.252. The molecule has 0 atom stereocenters. The van der Waals surface area contributed by atoms with E-state index in [1.807, 2.05) is 12.1 Å². The number of rotatable bonds is 4. The molecular formula is C15H16ClN3O2. The Balaban J connectivity index is 2.01. The Bertz CT molecular complexity index is 663. The largest absolute Gasteiger partial charge is 0.478 e. The van der Waals surface area contributed by atoms with Gasteiger partial charge in [-0.2, -0.15) is 5.10 Å². The van der Waals surface area contributed by atoms with Crippen LogP contribution in [0.5, 0.6) is 0 Å². The summed E-state index contributed by atoms with van der Waals surface area (Å²) in [6, 6.07) is 7.28. The number of halogens is 1. The fourth-order valence-corrected chi connectivity index (χ4v) is 2.87. The Hall–Kier alpha value is -1.85. The number of hydrogen-bond acceptors (Lipinski definition) is 3. The molecule has 0 saturated carbocycles. The van der Waals surface area contributed by atoms with Crippen molar-refractivity contribution in [2.75, 3.05) is 13.1 Å². The minimum atomic E-state index is -0.947. The van der Waals surface area contributed by atoms with Gasteiger partial charge in [-0.1, -0.05) is 17.7 Å². The highest BCUT2D eigenvalue weighted by Crippen LogP contribution is 2.21. The summed E-state index contributed by atoms with van der Waals surface area (Å²) in [5.74, 6) is -0.947. The molecule has 0 amide bonds. The van der Waals surface area contributed by atoms with E-state index in [0.717, 1.165) is 31.6 Å². The van der Waals surface area contributed by atoms with E-state index in [0.29, 0.717) is 17.3 Å².